The summed E-state index contributed by atoms with van der Waals surface area (Å²) < 4.78 is 15.1. The van der Waals surface area contributed by atoms with Crippen LogP contribution >= 0.6 is 11.8 Å². The van der Waals surface area contributed by atoms with E-state index in [1.165, 1.54) is 28.1 Å². The Kier molecular flexibility index (Phi) is 7.24. The van der Waals surface area contributed by atoms with Crippen molar-refractivity contribution in [1.82, 2.24) is 20.2 Å². The fourth-order valence-electron chi connectivity index (χ4n) is 2.88. The molecule has 1 amide bonds. The van der Waals surface area contributed by atoms with E-state index in [1.54, 1.807) is 18.2 Å². The van der Waals surface area contributed by atoms with Gasteiger partial charge in [-0.2, -0.15) is 0 Å². The molecule has 0 saturated heterocycles. The van der Waals surface area contributed by atoms with Gasteiger partial charge in [-0.25, -0.2) is 9.07 Å². The first-order valence-electron chi connectivity index (χ1n) is 9.42. The summed E-state index contributed by atoms with van der Waals surface area (Å²) in [6.07, 6.45) is 2.01. The number of hydrogen-bond acceptors (Lipinski definition) is 5. The molecule has 0 radical (unpaired) electrons. The van der Waals surface area contributed by atoms with E-state index < -0.39 is 0 Å². The number of thioether (sulfide) groups is 1. The van der Waals surface area contributed by atoms with E-state index in [9.17, 15) is 9.18 Å². The van der Waals surface area contributed by atoms with Gasteiger partial charge in [-0.1, -0.05) is 60.3 Å². The fraction of sp³-hybridized carbons (Fsp3) is 0.286. The molecule has 0 fully saturated rings. The number of amides is 1. The third kappa shape index (κ3) is 6.05. The molecular weight excluding hydrogens is 389 g/mol. The zero-order valence-corrected chi connectivity index (χ0v) is 17.0. The number of benzene rings is 2. The van der Waals surface area contributed by atoms with Crippen LogP contribution in [0.4, 0.5) is 4.39 Å². The Morgan fingerprint density at radius 3 is 2.66 bits per heavy atom. The van der Waals surface area contributed by atoms with E-state index >= 15 is 0 Å². The van der Waals surface area contributed by atoms with Crippen LogP contribution in [0.2, 0.25) is 0 Å². The van der Waals surface area contributed by atoms with Gasteiger partial charge in [0, 0.05) is 12.5 Å². The number of rotatable bonds is 9. The molecule has 1 aromatic heterocycles. The molecule has 152 valence electrons. The SMILES string of the molecule is C[C@H](CCc1ccccc1)NC(=O)CSc1nnc(Cc2ccccc2F)n1N. The molecule has 1 heterocycles. The van der Waals surface area contributed by atoms with Crippen LogP contribution in [0.15, 0.2) is 59.8 Å². The maximum Gasteiger partial charge on any atom is 0.230 e. The van der Waals surface area contributed by atoms with Gasteiger partial charge in [0.2, 0.25) is 11.1 Å². The molecule has 6 nitrogen and oxygen atoms in total. The standard InChI is InChI=1S/C21H24FN5OS/c1-15(11-12-16-7-3-2-4-8-16)24-20(28)14-29-21-26-25-19(27(21)23)13-17-9-5-6-10-18(17)22/h2-10,15H,11-14,23H2,1H3,(H,24,28)/t15-/m1/s1. The molecule has 8 heteroatoms. The molecule has 0 aliphatic rings. The molecule has 3 rings (SSSR count). The predicted molar refractivity (Wildman–Crippen MR) is 112 cm³/mol. The summed E-state index contributed by atoms with van der Waals surface area (Å²) in [5, 5.41) is 11.4. The smallest absolute Gasteiger partial charge is 0.230 e. The monoisotopic (exact) mass is 413 g/mol. The van der Waals surface area contributed by atoms with E-state index in [0.29, 0.717) is 16.5 Å². The van der Waals surface area contributed by atoms with Crippen LogP contribution < -0.4 is 11.2 Å². The van der Waals surface area contributed by atoms with Crippen LogP contribution in [0.1, 0.15) is 30.3 Å². The second-order valence-electron chi connectivity index (χ2n) is 6.82. The molecule has 0 unspecified atom stereocenters. The largest absolute Gasteiger partial charge is 0.353 e. The van der Waals surface area contributed by atoms with Crippen molar-refractivity contribution in [3.8, 4) is 0 Å². The molecule has 0 bridgehead atoms. The lowest BCUT2D eigenvalue weighted by atomic mass is 10.1. The average Bonchev–Trinajstić information content (AvgIpc) is 3.07. The van der Waals surface area contributed by atoms with Crippen LogP contribution in [0, 0.1) is 5.82 Å². The van der Waals surface area contributed by atoms with Crippen LogP contribution in [0.3, 0.4) is 0 Å². The zero-order chi connectivity index (χ0) is 20.6. The quantitative estimate of drug-likeness (QED) is 0.416. The number of carbonyl (C=O) groups is 1. The molecule has 29 heavy (non-hydrogen) atoms. The first-order chi connectivity index (χ1) is 14.0. The summed E-state index contributed by atoms with van der Waals surface area (Å²) in [6, 6.07) is 16.7. The third-order valence-electron chi connectivity index (χ3n) is 4.49. The van der Waals surface area contributed by atoms with E-state index in [1.807, 2.05) is 25.1 Å². The van der Waals surface area contributed by atoms with Crippen molar-refractivity contribution in [2.24, 2.45) is 0 Å². The van der Waals surface area contributed by atoms with Gasteiger partial charge in [-0.05, 0) is 37.0 Å². The molecule has 3 aromatic rings. The Bertz CT molecular complexity index is 947. The van der Waals surface area contributed by atoms with Crippen molar-refractivity contribution in [3.05, 3.63) is 77.4 Å². The van der Waals surface area contributed by atoms with Gasteiger partial charge in [0.25, 0.3) is 0 Å². The van der Waals surface area contributed by atoms with Crippen molar-refractivity contribution in [3.63, 3.8) is 0 Å². The average molecular weight is 414 g/mol. The lowest BCUT2D eigenvalue weighted by Crippen LogP contribution is -2.34. The van der Waals surface area contributed by atoms with Crippen molar-refractivity contribution in [2.75, 3.05) is 11.6 Å². The van der Waals surface area contributed by atoms with Gasteiger partial charge in [0.1, 0.15) is 5.82 Å². The van der Waals surface area contributed by atoms with Crippen LogP contribution in [0.25, 0.3) is 0 Å². The van der Waals surface area contributed by atoms with Gasteiger partial charge in [0.15, 0.2) is 5.82 Å². The van der Waals surface area contributed by atoms with Gasteiger partial charge in [0.05, 0.1) is 5.75 Å². The number of nitrogens with zero attached hydrogens (tertiary/aromatic N) is 3. The second-order valence-corrected chi connectivity index (χ2v) is 7.76. The molecular formula is C21H24FN5OS. The summed E-state index contributed by atoms with van der Waals surface area (Å²) in [4.78, 5) is 12.2. The zero-order valence-electron chi connectivity index (χ0n) is 16.2. The maximum absolute atomic E-state index is 13.8. The van der Waals surface area contributed by atoms with E-state index in [-0.39, 0.29) is 29.9 Å². The minimum Gasteiger partial charge on any atom is -0.353 e. The highest BCUT2D eigenvalue weighted by Crippen LogP contribution is 2.17. The summed E-state index contributed by atoms with van der Waals surface area (Å²) in [6.45, 7) is 1.99. The highest BCUT2D eigenvalue weighted by molar-refractivity contribution is 7.99. The number of aromatic nitrogens is 3. The number of nitrogen functional groups attached to an aromatic ring is 1. The molecule has 0 saturated carbocycles. The van der Waals surface area contributed by atoms with E-state index in [0.717, 1.165) is 12.8 Å². The van der Waals surface area contributed by atoms with Crippen molar-refractivity contribution in [2.45, 2.75) is 37.4 Å². The minimum atomic E-state index is -0.312. The van der Waals surface area contributed by atoms with Gasteiger partial charge >= 0.3 is 0 Å². The predicted octanol–water partition coefficient (Wildman–Crippen LogP) is 2.95. The Morgan fingerprint density at radius 2 is 1.90 bits per heavy atom. The summed E-state index contributed by atoms with van der Waals surface area (Å²) in [5.41, 5.74) is 1.75. The van der Waals surface area contributed by atoms with E-state index in [4.69, 9.17) is 5.84 Å². The Labute approximate surface area is 173 Å². The number of nitrogens with two attached hydrogens (primary N) is 1. The van der Waals surface area contributed by atoms with E-state index in [2.05, 4.69) is 27.6 Å². The third-order valence-corrected chi connectivity index (χ3v) is 5.43. The van der Waals surface area contributed by atoms with Crippen LogP contribution in [0.5, 0.6) is 0 Å². The highest BCUT2D eigenvalue weighted by Gasteiger charge is 2.15. The minimum absolute atomic E-state index is 0.0654. The Hall–Kier alpha value is -2.87. The topological polar surface area (TPSA) is 85.8 Å². The van der Waals surface area contributed by atoms with Gasteiger partial charge in [-0.3, -0.25) is 4.79 Å². The van der Waals surface area contributed by atoms with Crippen LogP contribution in [-0.4, -0.2) is 32.6 Å². The molecule has 0 aliphatic carbocycles. The second kappa shape index (κ2) is 10.1. The molecule has 0 aliphatic heterocycles. The van der Waals surface area contributed by atoms with Gasteiger partial charge < -0.3 is 11.2 Å². The first-order valence-corrected chi connectivity index (χ1v) is 10.4. The highest BCUT2D eigenvalue weighted by atomic mass is 32.2. The van der Waals surface area contributed by atoms with Crippen molar-refractivity contribution in [1.29, 1.82) is 0 Å². The normalized spacial score (nSPS) is 11.9. The number of nitrogens with one attached hydrogen (secondary N) is 1. The lowest BCUT2D eigenvalue weighted by molar-refractivity contribution is -0.119. The molecule has 3 N–H and O–H groups in total. The van der Waals surface area contributed by atoms with Crippen LogP contribution in [-0.2, 0) is 17.6 Å². The summed E-state index contributed by atoms with van der Waals surface area (Å²) in [7, 11) is 0. The lowest BCUT2D eigenvalue weighted by Gasteiger charge is -2.13. The fourth-order valence-corrected chi connectivity index (χ4v) is 3.57. The molecule has 0 spiro atoms. The number of hydrogen-bond donors (Lipinski definition) is 2. The Balaban J connectivity index is 1.46. The molecule has 2 aromatic carbocycles. The maximum atomic E-state index is 13.8. The number of aryl methyl sites for hydroxylation is 1. The summed E-state index contributed by atoms with van der Waals surface area (Å²) in [5.74, 6) is 6.24. The first kappa shape index (κ1) is 20.9. The Morgan fingerprint density at radius 1 is 1.17 bits per heavy atom. The van der Waals surface area contributed by atoms with Crippen molar-refractivity contribution >= 4 is 17.7 Å². The van der Waals surface area contributed by atoms with Crippen molar-refractivity contribution < 1.29 is 9.18 Å². The molecule has 1 atom stereocenters. The summed E-state index contributed by atoms with van der Waals surface area (Å²) >= 11 is 1.21. The number of halogens is 1. The number of carbonyl (C=O) groups excluding carboxylic acids is 1. The van der Waals surface area contributed by atoms with Gasteiger partial charge in [-0.15, -0.1) is 10.2 Å².